The Labute approximate surface area is 108 Å². The lowest BCUT2D eigenvalue weighted by Crippen LogP contribution is -2.48. The molecule has 0 saturated carbocycles. The van der Waals surface area contributed by atoms with Crippen LogP contribution in [0.1, 0.15) is 33.1 Å². The van der Waals surface area contributed by atoms with E-state index in [1.807, 2.05) is 6.92 Å². The molecular formula is C13H22O5. The SMILES string of the molecule is CCOCCCC1(C(=O)OCC)COCCC1=O. The molecule has 5 heteroatoms. The molecule has 104 valence electrons. The summed E-state index contributed by atoms with van der Waals surface area (Å²) in [5.74, 6) is -0.519. The van der Waals surface area contributed by atoms with Gasteiger partial charge in [0, 0.05) is 19.6 Å². The van der Waals surface area contributed by atoms with Gasteiger partial charge < -0.3 is 14.2 Å². The number of rotatable bonds is 7. The fourth-order valence-corrected chi connectivity index (χ4v) is 2.11. The fraction of sp³-hybridized carbons (Fsp3) is 0.846. The van der Waals surface area contributed by atoms with Crippen LogP contribution >= 0.6 is 0 Å². The van der Waals surface area contributed by atoms with Gasteiger partial charge in [-0.25, -0.2) is 0 Å². The van der Waals surface area contributed by atoms with Crippen molar-refractivity contribution in [3.8, 4) is 0 Å². The third-order valence-electron chi connectivity index (χ3n) is 3.12. The van der Waals surface area contributed by atoms with E-state index < -0.39 is 11.4 Å². The van der Waals surface area contributed by atoms with Gasteiger partial charge in [0.1, 0.15) is 5.41 Å². The maximum Gasteiger partial charge on any atom is 0.322 e. The van der Waals surface area contributed by atoms with Gasteiger partial charge >= 0.3 is 5.97 Å². The average molecular weight is 258 g/mol. The zero-order valence-electron chi connectivity index (χ0n) is 11.2. The number of esters is 1. The van der Waals surface area contributed by atoms with Gasteiger partial charge in [-0.1, -0.05) is 0 Å². The van der Waals surface area contributed by atoms with Crippen LogP contribution in [-0.2, 0) is 23.8 Å². The normalized spacial score (nSPS) is 24.0. The molecular weight excluding hydrogens is 236 g/mol. The Hall–Kier alpha value is -0.940. The van der Waals surface area contributed by atoms with Crippen LogP contribution in [0.4, 0.5) is 0 Å². The van der Waals surface area contributed by atoms with Crippen molar-refractivity contribution >= 4 is 11.8 Å². The van der Waals surface area contributed by atoms with Gasteiger partial charge in [-0.2, -0.15) is 0 Å². The van der Waals surface area contributed by atoms with Crippen LogP contribution in [0.2, 0.25) is 0 Å². The van der Waals surface area contributed by atoms with E-state index in [0.29, 0.717) is 32.7 Å². The van der Waals surface area contributed by atoms with Gasteiger partial charge in [0.2, 0.25) is 0 Å². The maximum atomic E-state index is 12.1. The minimum Gasteiger partial charge on any atom is -0.465 e. The number of Topliss-reactive ketones (excluding diaryl/α,β-unsaturated/α-hetero) is 1. The summed E-state index contributed by atoms with van der Waals surface area (Å²) in [5, 5.41) is 0. The van der Waals surface area contributed by atoms with Crippen LogP contribution < -0.4 is 0 Å². The Balaban J connectivity index is 2.67. The van der Waals surface area contributed by atoms with E-state index in [4.69, 9.17) is 14.2 Å². The highest BCUT2D eigenvalue weighted by molar-refractivity contribution is 6.04. The Kier molecular flexibility index (Phi) is 6.29. The van der Waals surface area contributed by atoms with Crippen molar-refractivity contribution < 1.29 is 23.8 Å². The van der Waals surface area contributed by atoms with E-state index in [9.17, 15) is 9.59 Å². The van der Waals surface area contributed by atoms with Crippen LogP contribution in [0.5, 0.6) is 0 Å². The van der Waals surface area contributed by atoms with E-state index in [-0.39, 0.29) is 25.4 Å². The van der Waals surface area contributed by atoms with Crippen molar-refractivity contribution in [1.82, 2.24) is 0 Å². The summed E-state index contributed by atoms with van der Waals surface area (Å²) in [4.78, 5) is 24.1. The predicted molar refractivity (Wildman–Crippen MR) is 65.2 cm³/mol. The first-order valence-corrected chi connectivity index (χ1v) is 6.53. The molecule has 1 fully saturated rings. The Morgan fingerprint density at radius 1 is 1.39 bits per heavy atom. The van der Waals surface area contributed by atoms with Crippen LogP contribution in [0.3, 0.4) is 0 Å². The molecule has 0 aromatic carbocycles. The number of hydrogen-bond acceptors (Lipinski definition) is 5. The highest BCUT2D eigenvalue weighted by Gasteiger charge is 2.48. The van der Waals surface area contributed by atoms with Gasteiger partial charge in [0.25, 0.3) is 0 Å². The first kappa shape index (κ1) is 15.1. The third-order valence-corrected chi connectivity index (χ3v) is 3.12. The summed E-state index contributed by atoms with van der Waals surface area (Å²) in [7, 11) is 0. The molecule has 0 radical (unpaired) electrons. The molecule has 1 aliphatic rings. The number of ketones is 1. The highest BCUT2D eigenvalue weighted by Crippen LogP contribution is 2.32. The lowest BCUT2D eigenvalue weighted by Gasteiger charge is -2.33. The summed E-state index contributed by atoms with van der Waals surface area (Å²) >= 11 is 0. The van der Waals surface area contributed by atoms with E-state index in [1.54, 1.807) is 6.92 Å². The smallest absolute Gasteiger partial charge is 0.322 e. The molecule has 1 rings (SSSR count). The van der Waals surface area contributed by atoms with Gasteiger partial charge in [-0.3, -0.25) is 9.59 Å². The highest BCUT2D eigenvalue weighted by atomic mass is 16.5. The molecule has 5 nitrogen and oxygen atoms in total. The molecule has 1 aliphatic heterocycles. The van der Waals surface area contributed by atoms with Crippen molar-refractivity contribution in [2.24, 2.45) is 5.41 Å². The van der Waals surface area contributed by atoms with Crippen molar-refractivity contribution in [2.45, 2.75) is 33.1 Å². The van der Waals surface area contributed by atoms with Crippen LogP contribution in [0.15, 0.2) is 0 Å². The first-order valence-electron chi connectivity index (χ1n) is 6.53. The molecule has 1 unspecified atom stereocenters. The third kappa shape index (κ3) is 3.53. The largest absolute Gasteiger partial charge is 0.465 e. The van der Waals surface area contributed by atoms with E-state index in [1.165, 1.54) is 0 Å². The topological polar surface area (TPSA) is 61.8 Å². The number of hydrogen-bond donors (Lipinski definition) is 0. The summed E-state index contributed by atoms with van der Waals surface area (Å²) < 4.78 is 15.6. The summed E-state index contributed by atoms with van der Waals surface area (Å²) in [6.45, 7) is 5.64. The summed E-state index contributed by atoms with van der Waals surface area (Å²) in [6.07, 6.45) is 1.37. The lowest BCUT2D eigenvalue weighted by molar-refractivity contribution is -0.170. The molecule has 0 aromatic rings. The Morgan fingerprint density at radius 2 is 2.17 bits per heavy atom. The average Bonchev–Trinajstić information content (AvgIpc) is 2.37. The maximum absolute atomic E-state index is 12.1. The van der Waals surface area contributed by atoms with E-state index in [0.717, 1.165) is 0 Å². The van der Waals surface area contributed by atoms with Gasteiger partial charge in [0.05, 0.1) is 19.8 Å². The molecule has 0 amide bonds. The van der Waals surface area contributed by atoms with E-state index in [2.05, 4.69) is 0 Å². The zero-order valence-corrected chi connectivity index (χ0v) is 11.2. The molecule has 1 heterocycles. The minimum absolute atomic E-state index is 0.0660. The number of carbonyl (C=O) groups excluding carboxylic acids is 2. The molecule has 1 saturated heterocycles. The van der Waals surface area contributed by atoms with E-state index >= 15 is 0 Å². The van der Waals surface area contributed by atoms with Crippen LogP contribution in [-0.4, -0.2) is 44.8 Å². The minimum atomic E-state index is -1.11. The molecule has 0 aliphatic carbocycles. The molecule has 0 N–H and O–H groups in total. The van der Waals surface area contributed by atoms with Crippen molar-refractivity contribution in [2.75, 3.05) is 33.0 Å². The van der Waals surface area contributed by atoms with Crippen LogP contribution in [0, 0.1) is 5.41 Å². The summed E-state index contributed by atoms with van der Waals surface area (Å²) in [5.41, 5.74) is -1.11. The second-order valence-corrected chi connectivity index (χ2v) is 4.33. The monoisotopic (exact) mass is 258 g/mol. The summed E-state index contributed by atoms with van der Waals surface area (Å²) in [6, 6.07) is 0. The predicted octanol–water partition coefficient (Wildman–Crippen LogP) is 1.34. The quantitative estimate of drug-likeness (QED) is 0.392. The first-order chi connectivity index (χ1) is 8.67. The van der Waals surface area contributed by atoms with Gasteiger partial charge in [-0.05, 0) is 26.7 Å². The Morgan fingerprint density at radius 3 is 2.78 bits per heavy atom. The molecule has 0 aromatic heterocycles. The number of ether oxygens (including phenoxy) is 3. The zero-order chi connectivity index (χ0) is 13.4. The van der Waals surface area contributed by atoms with Crippen molar-refractivity contribution in [3.05, 3.63) is 0 Å². The van der Waals surface area contributed by atoms with Gasteiger partial charge in [-0.15, -0.1) is 0 Å². The fourth-order valence-electron chi connectivity index (χ4n) is 2.11. The molecule has 1 atom stereocenters. The van der Waals surface area contributed by atoms with Crippen molar-refractivity contribution in [1.29, 1.82) is 0 Å². The van der Waals surface area contributed by atoms with Gasteiger partial charge in [0.15, 0.2) is 5.78 Å². The standard InChI is InChI=1S/C13H22O5/c1-3-16-8-5-7-13(12(15)18-4-2)10-17-9-6-11(13)14/h3-10H2,1-2H3. The molecule has 0 spiro atoms. The molecule has 0 bridgehead atoms. The second kappa shape index (κ2) is 7.48. The lowest BCUT2D eigenvalue weighted by atomic mass is 9.77. The van der Waals surface area contributed by atoms with Crippen molar-refractivity contribution in [3.63, 3.8) is 0 Å². The second-order valence-electron chi connectivity index (χ2n) is 4.33. The van der Waals surface area contributed by atoms with Crippen LogP contribution in [0.25, 0.3) is 0 Å². The molecule has 18 heavy (non-hydrogen) atoms. The number of carbonyl (C=O) groups is 2. The Bertz CT molecular complexity index is 289.